The average molecular weight is 201 g/mol. The number of carboxylic acid groups (broad SMARTS) is 1. The van der Waals surface area contributed by atoms with Gasteiger partial charge in [-0.1, -0.05) is 0 Å². The SMILES string of the molecule is CC(C)(OCc1cscn1)C(=O)O. The maximum Gasteiger partial charge on any atom is 0.335 e. The first-order valence-electron chi connectivity index (χ1n) is 3.77. The molecule has 0 spiro atoms. The van der Waals surface area contributed by atoms with Crippen molar-refractivity contribution in [1.29, 1.82) is 0 Å². The van der Waals surface area contributed by atoms with Gasteiger partial charge in [-0.05, 0) is 13.8 Å². The van der Waals surface area contributed by atoms with Crippen LogP contribution in [0.1, 0.15) is 19.5 Å². The van der Waals surface area contributed by atoms with Gasteiger partial charge in [0.1, 0.15) is 0 Å². The summed E-state index contributed by atoms with van der Waals surface area (Å²) in [5.74, 6) is -0.970. The summed E-state index contributed by atoms with van der Waals surface area (Å²) in [4.78, 5) is 14.6. The van der Waals surface area contributed by atoms with Gasteiger partial charge in [-0.2, -0.15) is 0 Å². The second-order valence-electron chi connectivity index (χ2n) is 3.08. The van der Waals surface area contributed by atoms with Crippen molar-refractivity contribution in [2.24, 2.45) is 0 Å². The van der Waals surface area contributed by atoms with Gasteiger partial charge in [0.25, 0.3) is 0 Å². The van der Waals surface area contributed by atoms with Crippen molar-refractivity contribution < 1.29 is 14.6 Å². The summed E-state index contributed by atoms with van der Waals surface area (Å²) >= 11 is 1.46. The van der Waals surface area contributed by atoms with E-state index in [0.29, 0.717) is 0 Å². The molecule has 0 saturated carbocycles. The first kappa shape index (κ1) is 10.1. The maximum atomic E-state index is 10.6. The van der Waals surface area contributed by atoms with Crippen LogP contribution in [-0.4, -0.2) is 21.7 Å². The van der Waals surface area contributed by atoms with E-state index in [2.05, 4.69) is 4.98 Å². The van der Waals surface area contributed by atoms with Gasteiger partial charge in [-0.15, -0.1) is 11.3 Å². The van der Waals surface area contributed by atoms with Crippen LogP contribution in [0.4, 0.5) is 0 Å². The number of thiazole rings is 1. The van der Waals surface area contributed by atoms with E-state index in [4.69, 9.17) is 9.84 Å². The van der Waals surface area contributed by atoms with Gasteiger partial charge < -0.3 is 9.84 Å². The fourth-order valence-corrected chi connectivity index (χ4v) is 1.17. The van der Waals surface area contributed by atoms with Crippen LogP contribution in [0.3, 0.4) is 0 Å². The molecule has 1 aromatic heterocycles. The molecule has 0 saturated heterocycles. The molecule has 13 heavy (non-hydrogen) atoms. The van der Waals surface area contributed by atoms with Crippen LogP contribution >= 0.6 is 11.3 Å². The zero-order valence-corrected chi connectivity index (χ0v) is 8.30. The Hall–Kier alpha value is -0.940. The molecule has 72 valence electrons. The Balaban J connectivity index is 2.47. The number of rotatable bonds is 4. The molecule has 1 aromatic rings. The Bertz CT molecular complexity index is 282. The molecule has 0 aliphatic rings. The van der Waals surface area contributed by atoms with Gasteiger partial charge in [-0.3, -0.25) is 0 Å². The van der Waals surface area contributed by atoms with Gasteiger partial charge >= 0.3 is 5.97 Å². The van der Waals surface area contributed by atoms with E-state index in [9.17, 15) is 4.79 Å². The third-order valence-electron chi connectivity index (χ3n) is 1.58. The number of aliphatic carboxylic acids is 1. The number of hydrogen-bond donors (Lipinski definition) is 1. The lowest BCUT2D eigenvalue weighted by Crippen LogP contribution is -2.34. The minimum Gasteiger partial charge on any atom is -0.479 e. The van der Waals surface area contributed by atoms with Crippen LogP contribution < -0.4 is 0 Å². The number of carboxylic acids is 1. The summed E-state index contributed by atoms with van der Waals surface area (Å²) in [5, 5.41) is 10.6. The van der Waals surface area contributed by atoms with Crippen molar-refractivity contribution in [2.75, 3.05) is 0 Å². The standard InChI is InChI=1S/C8H11NO3S/c1-8(2,7(10)11)12-3-6-4-13-5-9-6/h4-5H,3H2,1-2H3,(H,10,11). The number of nitrogens with zero attached hydrogens (tertiary/aromatic N) is 1. The van der Waals surface area contributed by atoms with Gasteiger partial charge in [0.15, 0.2) is 5.60 Å². The number of aromatic nitrogens is 1. The fourth-order valence-electron chi connectivity index (χ4n) is 0.625. The normalized spacial score (nSPS) is 11.5. The third-order valence-corrected chi connectivity index (χ3v) is 2.21. The van der Waals surface area contributed by atoms with E-state index in [1.807, 2.05) is 5.38 Å². The van der Waals surface area contributed by atoms with Crippen LogP contribution in [0, 0.1) is 0 Å². The largest absolute Gasteiger partial charge is 0.479 e. The Labute approximate surface area is 80.2 Å². The van der Waals surface area contributed by atoms with E-state index in [0.717, 1.165) is 5.69 Å². The predicted molar refractivity (Wildman–Crippen MR) is 48.6 cm³/mol. The highest BCUT2D eigenvalue weighted by atomic mass is 32.1. The van der Waals surface area contributed by atoms with Crippen LogP contribution in [0.5, 0.6) is 0 Å². The molecule has 0 atom stereocenters. The van der Waals surface area contributed by atoms with Crippen molar-refractivity contribution in [2.45, 2.75) is 26.1 Å². The predicted octanol–water partition coefficient (Wildman–Crippen LogP) is 1.52. The summed E-state index contributed by atoms with van der Waals surface area (Å²) in [5.41, 5.74) is 1.30. The molecular weight excluding hydrogens is 190 g/mol. The molecule has 0 bridgehead atoms. The molecule has 1 heterocycles. The van der Waals surface area contributed by atoms with Crippen LogP contribution in [0.25, 0.3) is 0 Å². The van der Waals surface area contributed by atoms with Crippen molar-refractivity contribution in [3.63, 3.8) is 0 Å². The molecule has 1 N–H and O–H groups in total. The summed E-state index contributed by atoms with van der Waals surface area (Å²) < 4.78 is 5.18. The molecule has 0 unspecified atom stereocenters. The highest BCUT2D eigenvalue weighted by Crippen LogP contribution is 2.12. The van der Waals surface area contributed by atoms with Crippen molar-refractivity contribution in [3.8, 4) is 0 Å². The highest BCUT2D eigenvalue weighted by molar-refractivity contribution is 7.07. The van der Waals surface area contributed by atoms with Gasteiger partial charge in [0, 0.05) is 5.38 Å². The first-order valence-corrected chi connectivity index (χ1v) is 4.71. The monoisotopic (exact) mass is 201 g/mol. The smallest absolute Gasteiger partial charge is 0.335 e. The lowest BCUT2D eigenvalue weighted by atomic mass is 10.1. The zero-order chi connectivity index (χ0) is 9.90. The maximum absolute atomic E-state index is 10.6. The lowest BCUT2D eigenvalue weighted by Gasteiger charge is -2.18. The average Bonchev–Trinajstić information content (AvgIpc) is 2.52. The molecule has 0 aliphatic heterocycles. The Morgan fingerprint density at radius 1 is 1.77 bits per heavy atom. The summed E-state index contributed by atoms with van der Waals surface area (Å²) in [6.07, 6.45) is 0. The molecule has 4 nitrogen and oxygen atoms in total. The van der Waals surface area contributed by atoms with E-state index in [1.165, 1.54) is 25.2 Å². The summed E-state index contributed by atoms with van der Waals surface area (Å²) in [6, 6.07) is 0. The molecule has 5 heteroatoms. The van der Waals surface area contributed by atoms with E-state index in [1.54, 1.807) is 5.51 Å². The summed E-state index contributed by atoms with van der Waals surface area (Å²) in [7, 11) is 0. The second-order valence-corrected chi connectivity index (χ2v) is 3.80. The molecule has 1 rings (SSSR count). The van der Waals surface area contributed by atoms with Gasteiger partial charge in [-0.25, -0.2) is 9.78 Å². The van der Waals surface area contributed by atoms with Crippen molar-refractivity contribution >= 4 is 17.3 Å². The van der Waals surface area contributed by atoms with E-state index >= 15 is 0 Å². The Kier molecular flexibility index (Phi) is 3.00. The molecule has 0 amide bonds. The third kappa shape index (κ3) is 2.78. The number of carbonyl (C=O) groups is 1. The lowest BCUT2D eigenvalue weighted by molar-refractivity contribution is -0.162. The Morgan fingerprint density at radius 2 is 2.46 bits per heavy atom. The minimum atomic E-state index is -1.15. The van der Waals surface area contributed by atoms with Gasteiger partial charge in [0.05, 0.1) is 17.8 Å². The molecule has 0 aliphatic carbocycles. The molecule has 0 aromatic carbocycles. The number of hydrogen-bond acceptors (Lipinski definition) is 4. The van der Waals surface area contributed by atoms with Gasteiger partial charge in [0.2, 0.25) is 0 Å². The van der Waals surface area contributed by atoms with Crippen LogP contribution in [0.2, 0.25) is 0 Å². The van der Waals surface area contributed by atoms with E-state index < -0.39 is 11.6 Å². The summed E-state index contributed by atoms with van der Waals surface area (Å²) in [6.45, 7) is 3.27. The highest BCUT2D eigenvalue weighted by Gasteiger charge is 2.27. The Morgan fingerprint density at radius 3 is 2.92 bits per heavy atom. The molecule has 0 fully saturated rings. The molecule has 0 radical (unpaired) electrons. The van der Waals surface area contributed by atoms with Crippen molar-refractivity contribution in [3.05, 3.63) is 16.6 Å². The quantitative estimate of drug-likeness (QED) is 0.802. The van der Waals surface area contributed by atoms with Crippen LogP contribution in [0.15, 0.2) is 10.9 Å². The zero-order valence-electron chi connectivity index (χ0n) is 7.48. The van der Waals surface area contributed by atoms with Crippen molar-refractivity contribution in [1.82, 2.24) is 4.98 Å². The van der Waals surface area contributed by atoms with Crippen LogP contribution in [-0.2, 0) is 16.1 Å². The molecular formula is C8H11NO3S. The second kappa shape index (κ2) is 3.85. The number of ether oxygens (including phenoxy) is 1. The minimum absolute atomic E-state index is 0.239. The first-order chi connectivity index (χ1) is 6.02. The van der Waals surface area contributed by atoms with E-state index in [-0.39, 0.29) is 6.61 Å². The fraction of sp³-hybridized carbons (Fsp3) is 0.500. The topological polar surface area (TPSA) is 59.4 Å².